The lowest BCUT2D eigenvalue weighted by Gasteiger charge is -2.22. The highest BCUT2D eigenvalue weighted by Crippen LogP contribution is 2.28. The molecular formula is C22H28N4O8S2. The van der Waals surface area contributed by atoms with Gasteiger partial charge in [0.25, 0.3) is 15.7 Å². The van der Waals surface area contributed by atoms with Gasteiger partial charge in [-0.2, -0.15) is 0 Å². The largest absolute Gasteiger partial charge is 0.495 e. The van der Waals surface area contributed by atoms with Crippen LogP contribution in [0.4, 0.5) is 10.5 Å². The van der Waals surface area contributed by atoms with Crippen LogP contribution in [0.5, 0.6) is 5.75 Å². The van der Waals surface area contributed by atoms with Crippen molar-refractivity contribution < 1.29 is 31.3 Å². The van der Waals surface area contributed by atoms with Crippen LogP contribution in [0.2, 0.25) is 0 Å². The normalized spacial score (nSPS) is 14.7. The molecule has 1 saturated carbocycles. The van der Waals surface area contributed by atoms with Crippen molar-refractivity contribution in [1.29, 1.82) is 0 Å². The number of hydrogen-bond donors (Lipinski definition) is 3. The average molecular weight is 541 g/mol. The molecule has 2 aromatic rings. The molecule has 0 unspecified atom stereocenters. The van der Waals surface area contributed by atoms with Crippen LogP contribution in [-0.4, -0.2) is 47.5 Å². The van der Waals surface area contributed by atoms with Gasteiger partial charge in [-0.3, -0.25) is 10.1 Å². The molecule has 12 nitrogen and oxygen atoms in total. The Morgan fingerprint density at radius 3 is 2.31 bits per heavy atom. The zero-order valence-electron chi connectivity index (χ0n) is 19.6. The maximum absolute atomic E-state index is 12.7. The number of nitro benzene ring substituents is 1. The summed E-state index contributed by atoms with van der Waals surface area (Å²) in [6.07, 6.45) is 4.95. The summed E-state index contributed by atoms with van der Waals surface area (Å²) >= 11 is 0. The molecule has 3 N–H and O–H groups in total. The van der Waals surface area contributed by atoms with Gasteiger partial charge in [0, 0.05) is 24.7 Å². The molecule has 1 aliphatic rings. The number of hydrogen-bond acceptors (Lipinski definition) is 8. The molecule has 0 spiro atoms. The van der Waals surface area contributed by atoms with E-state index in [0.717, 1.165) is 44.2 Å². The fraction of sp³-hybridized carbons (Fsp3) is 0.409. The molecule has 1 fully saturated rings. The van der Waals surface area contributed by atoms with Crippen LogP contribution in [0, 0.1) is 10.1 Å². The Balaban J connectivity index is 1.58. The smallest absolute Gasteiger partial charge is 0.328 e. The lowest BCUT2D eigenvalue weighted by molar-refractivity contribution is -0.385. The molecule has 36 heavy (non-hydrogen) atoms. The first-order valence-electron chi connectivity index (χ1n) is 11.3. The molecule has 3 rings (SSSR count). The summed E-state index contributed by atoms with van der Waals surface area (Å²) in [5, 5.41) is 13.7. The second kappa shape index (κ2) is 11.7. The van der Waals surface area contributed by atoms with Crippen LogP contribution in [0.25, 0.3) is 0 Å². The molecule has 0 heterocycles. The Bertz CT molecular complexity index is 1310. The van der Waals surface area contributed by atoms with Crippen molar-refractivity contribution in [3.8, 4) is 5.75 Å². The summed E-state index contributed by atoms with van der Waals surface area (Å²) in [5.74, 6) is -0.0392. The van der Waals surface area contributed by atoms with Gasteiger partial charge < -0.3 is 10.1 Å². The van der Waals surface area contributed by atoms with E-state index in [1.54, 1.807) is 0 Å². The molecule has 2 amide bonds. The van der Waals surface area contributed by atoms with Crippen molar-refractivity contribution in [2.45, 2.75) is 54.4 Å². The zero-order valence-corrected chi connectivity index (χ0v) is 21.2. The number of carbonyl (C=O) groups excluding carboxylic acids is 1. The molecule has 0 atom stereocenters. The number of ether oxygens (including phenoxy) is 1. The number of methoxy groups -OCH3 is 1. The number of nitro groups is 1. The fourth-order valence-corrected chi connectivity index (χ4v) is 6.01. The van der Waals surface area contributed by atoms with E-state index in [4.69, 9.17) is 4.74 Å². The number of nitrogens with one attached hydrogen (secondary N) is 3. The monoisotopic (exact) mass is 540 g/mol. The van der Waals surface area contributed by atoms with Crippen LogP contribution in [0.15, 0.2) is 52.3 Å². The van der Waals surface area contributed by atoms with E-state index in [-0.39, 0.29) is 34.5 Å². The third kappa shape index (κ3) is 7.15. The number of sulfonamides is 2. The van der Waals surface area contributed by atoms with Gasteiger partial charge in [0.1, 0.15) is 10.6 Å². The van der Waals surface area contributed by atoms with E-state index in [0.29, 0.717) is 5.56 Å². The average Bonchev–Trinajstić information content (AvgIpc) is 2.84. The van der Waals surface area contributed by atoms with E-state index in [2.05, 4.69) is 10.0 Å². The fourth-order valence-electron chi connectivity index (χ4n) is 3.87. The zero-order chi connectivity index (χ0) is 26.3. The van der Waals surface area contributed by atoms with Gasteiger partial charge in [-0.1, -0.05) is 31.4 Å². The van der Waals surface area contributed by atoms with Crippen LogP contribution in [0.1, 0.15) is 37.7 Å². The van der Waals surface area contributed by atoms with Gasteiger partial charge >= 0.3 is 6.03 Å². The Hall–Kier alpha value is -3.23. The molecule has 0 saturated heterocycles. The number of amides is 2. The SMILES string of the molecule is COc1ccc([N+](=O)[O-])cc1S(=O)(=O)NCCc1ccc(S(=O)(=O)NC(=O)NC2CCCCC2)cc1. The summed E-state index contributed by atoms with van der Waals surface area (Å²) in [5.41, 5.74) is 0.239. The van der Waals surface area contributed by atoms with E-state index < -0.39 is 36.7 Å². The molecular weight excluding hydrogens is 512 g/mol. The highest BCUT2D eigenvalue weighted by molar-refractivity contribution is 7.90. The molecule has 1 aliphatic carbocycles. The Labute approximate surface area is 209 Å². The van der Waals surface area contributed by atoms with Crippen molar-refractivity contribution in [3.05, 3.63) is 58.1 Å². The molecule has 2 aromatic carbocycles. The second-order valence-electron chi connectivity index (χ2n) is 8.30. The predicted molar refractivity (Wildman–Crippen MR) is 131 cm³/mol. The van der Waals surface area contributed by atoms with Gasteiger partial charge in [-0.05, 0) is 43.0 Å². The van der Waals surface area contributed by atoms with Gasteiger partial charge in [0.15, 0.2) is 0 Å². The number of nitrogens with zero attached hydrogens (tertiary/aromatic N) is 1. The number of urea groups is 1. The van der Waals surface area contributed by atoms with Crippen LogP contribution >= 0.6 is 0 Å². The number of benzene rings is 2. The van der Waals surface area contributed by atoms with E-state index >= 15 is 0 Å². The lowest BCUT2D eigenvalue weighted by Crippen LogP contribution is -2.45. The maximum Gasteiger partial charge on any atom is 0.328 e. The van der Waals surface area contributed by atoms with E-state index in [1.807, 2.05) is 4.72 Å². The van der Waals surface area contributed by atoms with Gasteiger partial charge in [-0.15, -0.1) is 0 Å². The van der Waals surface area contributed by atoms with E-state index in [1.165, 1.54) is 37.4 Å². The number of non-ortho nitro benzene ring substituents is 1. The quantitative estimate of drug-likeness (QED) is 0.304. The molecule has 196 valence electrons. The molecule has 14 heteroatoms. The first kappa shape index (κ1) is 27.4. The Kier molecular flexibility index (Phi) is 8.87. The van der Waals surface area contributed by atoms with Crippen molar-refractivity contribution in [2.24, 2.45) is 0 Å². The Morgan fingerprint density at radius 1 is 1.03 bits per heavy atom. The lowest BCUT2D eigenvalue weighted by atomic mass is 9.96. The number of carbonyl (C=O) groups is 1. The topological polar surface area (TPSA) is 174 Å². The molecule has 0 aromatic heterocycles. The van der Waals surface area contributed by atoms with Crippen molar-refractivity contribution in [3.63, 3.8) is 0 Å². The molecule has 0 radical (unpaired) electrons. The van der Waals surface area contributed by atoms with Gasteiger partial charge in [0.2, 0.25) is 10.0 Å². The van der Waals surface area contributed by atoms with E-state index in [9.17, 15) is 31.7 Å². The van der Waals surface area contributed by atoms with Gasteiger partial charge in [0.05, 0.1) is 16.9 Å². The van der Waals surface area contributed by atoms with Crippen LogP contribution in [-0.2, 0) is 26.5 Å². The summed E-state index contributed by atoms with van der Waals surface area (Å²) in [4.78, 5) is 21.9. The summed E-state index contributed by atoms with van der Waals surface area (Å²) in [7, 11) is -6.93. The minimum absolute atomic E-state index is 0.0392. The minimum atomic E-state index is -4.12. The third-order valence-corrected chi connectivity index (χ3v) is 8.58. The maximum atomic E-state index is 12.7. The minimum Gasteiger partial charge on any atom is -0.495 e. The first-order chi connectivity index (χ1) is 17.0. The third-order valence-electron chi connectivity index (χ3n) is 5.75. The summed E-state index contributed by atoms with van der Waals surface area (Å²) < 4.78 is 59.7. The van der Waals surface area contributed by atoms with Crippen molar-refractivity contribution in [1.82, 2.24) is 14.8 Å². The molecule has 0 bridgehead atoms. The van der Waals surface area contributed by atoms with Gasteiger partial charge in [-0.25, -0.2) is 31.1 Å². The van der Waals surface area contributed by atoms with Crippen LogP contribution in [0.3, 0.4) is 0 Å². The van der Waals surface area contributed by atoms with Crippen molar-refractivity contribution >= 4 is 31.8 Å². The summed E-state index contributed by atoms with van der Waals surface area (Å²) in [6.45, 7) is -0.0533. The first-order valence-corrected chi connectivity index (χ1v) is 14.2. The number of rotatable bonds is 10. The predicted octanol–water partition coefficient (Wildman–Crippen LogP) is 2.45. The summed E-state index contributed by atoms with van der Waals surface area (Å²) in [6, 6.07) is 8.12. The highest BCUT2D eigenvalue weighted by Gasteiger charge is 2.23. The highest BCUT2D eigenvalue weighted by atomic mass is 32.2. The van der Waals surface area contributed by atoms with Crippen LogP contribution < -0.4 is 19.5 Å². The molecule has 0 aliphatic heterocycles. The second-order valence-corrected chi connectivity index (χ2v) is 11.7. The van der Waals surface area contributed by atoms with Crippen molar-refractivity contribution in [2.75, 3.05) is 13.7 Å². The standard InChI is InChI=1S/C22H28N4O8S2/c1-34-20-12-9-18(26(28)29)15-21(20)36(32,33)23-14-13-16-7-10-19(11-8-16)35(30,31)25-22(27)24-17-5-3-2-4-6-17/h7-12,15,17,23H,2-6,13-14H2,1H3,(H2,24,25,27). The Morgan fingerprint density at radius 2 is 1.69 bits per heavy atom.